The first-order valence-electron chi connectivity index (χ1n) is 18.1. The van der Waals surface area contributed by atoms with E-state index < -0.39 is 41.7 Å². The molecule has 5 aromatic carbocycles. The molecule has 0 saturated carbocycles. The molecular weight excluding hydrogens is 739 g/mol. The van der Waals surface area contributed by atoms with Crippen LogP contribution in [-0.2, 0) is 40.1 Å². The van der Waals surface area contributed by atoms with Gasteiger partial charge in [-0.05, 0) is 95.8 Å². The summed E-state index contributed by atoms with van der Waals surface area (Å²) in [6, 6.07) is 29.6. The van der Waals surface area contributed by atoms with E-state index in [0.717, 1.165) is 18.1 Å². The highest BCUT2D eigenvalue weighted by atomic mass is 19.1. The van der Waals surface area contributed by atoms with Crippen LogP contribution in [0.2, 0.25) is 0 Å². The Morgan fingerprint density at radius 3 is 2.23 bits per heavy atom. The predicted octanol–water partition coefficient (Wildman–Crippen LogP) is 7.18. The number of urea groups is 1. The minimum atomic E-state index is -0.897. The molecule has 0 bridgehead atoms. The molecule has 6 N–H and O–H groups in total. The number of anilines is 1. The van der Waals surface area contributed by atoms with Crippen LogP contribution in [0.25, 0.3) is 22.6 Å². The number of nitrogens with two attached hydrogens (primary N) is 1. The summed E-state index contributed by atoms with van der Waals surface area (Å²) >= 11 is 0. The number of hydrogen-bond acceptors (Lipinski definition) is 8. The molecule has 0 fully saturated rings. The number of esters is 1. The molecule has 0 aliphatic heterocycles. The molecule has 0 saturated heterocycles. The molecule has 2 atom stereocenters. The van der Waals surface area contributed by atoms with Crippen LogP contribution in [0.4, 0.5) is 23.7 Å². The number of nitrogens with one attached hydrogen (secondary N) is 3. The molecule has 14 heteroatoms. The third-order valence-electron chi connectivity index (χ3n) is 8.55. The second-order valence-electron chi connectivity index (χ2n) is 13.1. The van der Waals surface area contributed by atoms with Gasteiger partial charge in [-0.15, -0.1) is 0 Å². The van der Waals surface area contributed by atoms with E-state index in [9.17, 15) is 27.6 Å². The van der Waals surface area contributed by atoms with Gasteiger partial charge in [-0.3, -0.25) is 9.59 Å². The number of para-hydroxylation sites is 1. The van der Waals surface area contributed by atoms with Crippen molar-refractivity contribution in [1.29, 1.82) is 0 Å². The second-order valence-corrected chi connectivity index (χ2v) is 13.1. The molecule has 0 radical (unpaired) electrons. The number of carbonyl (C=O) groups is 3. The number of aryl methyl sites for hydroxylation is 1. The fourth-order valence-corrected chi connectivity index (χ4v) is 5.76. The van der Waals surface area contributed by atoms with Crippen LogP contribution in [0, 0.1) is 17.5 Å². The average molecular weight is 782 g/mol. The van der Waals surface area contributed by atoms with Crippen LogP contribution in [0.3, 0.4) is 0 Å². The summed E-state index contributed by atoms with van der Waals surface area (Å²) in [5.41, 5.74) is 12.0. The van der Waals surface area contributed by atoms with Crippen LogP contribution < -0.4 is 21.7 Å². The van der Waals surface area contributed by atoms with Crippen molar-refractivity contribution in [1.82, 2.24) is 15.6 Å². The first-order valence-corrected chi connectivity index (χ1v) is 18.1. The Morgan fingerprint density at radius 1 is 0.807 bits per heavy atom. The molecule has 11 nitrogen and oxygen atoms in total. The van der Waals surface area contributed by atoms with Gasteiger partial charge in [-0.25, -0.2) is 22.9 Å². The number of aromatic nitrogens is 1. The highest BCUT2D eigenvalue weighted by Gasteiger charge is 2.23. The van der Waals surface area contributed by atoms with Crippen molar-refractivity contribution in [3.05, 3.63) is 155 Å². The smallest absolute Gasteiger partial charge is 0.325 e. The van der Waals surface area contributed by atoms with Gasteiger partial charge in [0.2, 0.25) is 5.89 Å². The molecule has 57 heavy (non-hydrogen) atoms. The molecule has 1 heterocycles. The van der Waals surface area contributed by atoms with E-state index in [1.807, 2.05) is 24.3 Å². The molecule has 2 amide bonds. The number of carbonyl (C=O) groups excluding carboxylic acids is 2. The summed E-state index contributed by atoms with van der Waals surface area (Å²) < 4.78 is 51.3. The Hall–Kier alpha value is -6.51. The molecular formula is C43H42F3N5O6. The third-order valence-corrected chi connectivity index (χ3v) is 8.55. The van der Waals surface area contributed by atoms with Crippen LogP contribution in [0.5, 0.6) is 0 Å². The number of nitrogens with zero attached hydrogens (tertiary/aromatic N) is 1. The molecule has 0 aliphatic carbocycles. The fourth-order valence-electron chi connectivity index (χ4n) is 5.76. The van der Waals surface area contributed by atoms with E-state index in [0.29, 0.717) is 45.9 Å². The van der Waals surface area contributed by atoms with Crippen LogP contribution in [-0.4, -0.2) is 53.3 Å². The zero-order valence-corrected chi connectivity index (χ0v) is 31.0. The maximum absolute atomic E-state index is 13.6. The molecule has 0 unspecified atom stereocenters. The van der Waals surface area contributed by atoms with E-state index in [1.54, 1.807) is 54.6 Å². The van der Waals surface area contributed by atoms with Gasteiger partial charge in [-0.1, -0.05) is 55.5 Å². The van der Waals surface area contributed by atoms with Gasteiger partial charge >= 0.3 is 18.0 Å². The number of halogens is 3. The number of benzene rings is 5. The minimum absolute atomic E-state index is 0.0608. The number of rotatable bonds is 15. The zero-order chi connectivity index (χ0) is 40.7. The third kappa shape index (κ3) is 13.3. The van der Waals surface area contributed by atoms with Gasteiger partial charge in [0.1, 0.15) is 35.6 Å². The standard InChI is InChI=1S/C28H32F2N4O3.C15H10FNO3/c1-2-19-7-6-8-20(11-19)16-32-17-26(25(31)14-21-12-22(29)15-23(30)13-21)37-27(35)18-33-28(36)34-24-9-4-3-5-10-24;16-11-4-2-10(3-5-11)15-17-12-7-9(8-14(18)19)1-6-13(12)20-15/h3-13,15,25-26,32H,2,14,16-18,31H2,1H3,(H2,33,34,36);1-7H,8H2,(H,18,19)/t25-,26+;/m0./s1. The molecule has 1 aromatic heterocycles. The van der Waals surface area contributed by atoms with Gasteiger partial charge in [0.05, 0.1) is 6.42 Å². The van der Waals surface area contributed by atoms with E-state index in [1.165, 1.54) is 29.8 Å². The second kappa shape index (κ2) is 20.4. The normalized spacial score (nSPS) is 11.9. The lowest BCUT2D eigenvalue weighted by Gasteiger charge is -2.25. The van der Waals surface area contributed by atoms with Crippen molar-refractivity contribution in [3.8, 4) is 11.5 Å². The summed E-state index contributed by atoms with van der Waals surface area (Å²) in [5, 5.41) is 17.1. The Kier molecular flexibility index (Phi) is 14.9. The lowest BCUT2D eigenvalue weighted by Crippen LogP contribution is -2.47. The van der Waals surface area contributed by atoms with E-state index >= 15 is 0 Å². The van der Waals surface area contributed by atoms with Crippen molar-refractivity contribution < 1.29 is 41.8 Å². The number of hydrogen-bond donors (Lipinski definition) is 5. The van der Waals surface area contributed by atoms with Gasteiger partial charge < -0.3 is 35.9 Å². The molecule has 6 rings (SSSR count). The first-order chi connectivity index (χ1) is 27.4. The molecule has 296 valence electrons. The summed E-state index contributed by atoms with van der Waals surface area (Å²) in [6.07, 6.45) is 0.122. The number of carboxylic acids is 1. The number of ether oxygens (including phenoxy) is 1. The summed E-state index contributed by atoms with van der Waals surface area (Å²) in [7, 11) is 0. The average Bonchev–Trinajstić information content (AvgIpc) is 3.60. The quantitative estimate of drug-likeness (QED) is 0.0678. The van der Waals surface area contributed by atoms with Crippen molar-refractivity contribution in [3.63, 3.8) is 0 Å². The predicted molar refractivity (Wildman–Crippen MR) is 210 cm³/mol. The maximum Gasteiger partial charge on any atom is 0.325 e. The number of fused-ring (bicyclic) bond motifs is 1. The number of amides is 2. The van der Waals surface area contributed by atoms with E-state index in [4.69, 9.17) is 20.0 Å². The summed E-state index contributed by atoms with van der Waals surface area (Å²) in [5.74, 6) is -2.95. The van der Waals surface area contributed by atoms with Crippen molar-refractivity contribution in [2.24, 2.45) is 5.73 Å². The van der Waals surface area contributed by atoms with Crippen molar-refractivity contribution in [2.75, 3.05) is 18.4 Å². The van der Waals surface area contributed by atoms with E-state index in [-0.39, 0.29) is 31.7 Å². The largest absolute Gasteiger partial charge is 0.481 e. The molecule has 6 aromatic rings. The summed E-state index contributed by atoms with van der Waals surface area (Å²) in [6.45, 7) is 2.41. The lowest BCUT2D eigenvalue weighted by atomic mass is 10.0. The molecule has 0 spiro atoms. The van der Waals surface area contributed by atoms with Gasteiger partial charge in [0.15, 0.2) is 5.58 Å². The SMILES string of the molecule is CCc1cccc(CNC[C@@H](OC(=O)CNC(=O)Nc2ccccc2)[C@@H](N)Cc2cc(F)cc(F)c2)c1.O=C(O)Cc1ccc2oc(-c3ccc(F)cc3)nc2c1. The Balaban J connectivity index is 0.000000259. The molecule has 0 aliphatic rings. The number of oxazole rings is 1. The Labute approximate surface area is 327 Å². The van der Waals surface area contributed by atoms with E-state index in [2.05, 4.69) is 33.9 Å². The van der Waals surface area contributed by atoms with Gasteiger partial charge in [0.25, 0.3) is 0 Å². The lowest BCUT2D eigenvalue weighted by molar-refractivity contribution is -0.148. The summed E-state index contributed by atoms with van der Waals surface area (Å²) in [4.78, 5) is 39.6. The highest BCUT2D eigenvalue weighted by Crippen LogP contribution is 2.25. The highest BCUT2D eigenvalue weighted by molar-refractivity contribution is 5.91. The Morgan fingerprint density at radius 2 is 1.53 bits per heavy atom. The van der Waals surface area contributed by atoms with Crippen LogP contribution >= 0.6 is 0 Å². The van der Waals surface area contributed by atoms with Crippen molar-refractivity contribution >= 4 is 34.8 Å². The zero-order valence-electron chi connectivity index (χ0n) is 31.0. The number of aliphatic carboxylic acids is 1. The maximum atomic E-state index is 13.6. The van der Waals surface area contributed by atoms with Crippen molar-refractivity contribution in [2.45, 2.75) is 44.9 Å². The monoisotopic (exact) mass is 781 g/mol. The first kappa shape index (κ1) is 41.6. The van der Waals surface area contributed by atoms with Crippen LogP contribution in [0.1, 0.15) is 29.2 Å². The number of carboxylic acid groups (broad SMARTS) is 1. The minimum Gasteiger partial charge on any atom is -0.481 e. The van der Waals surface area contributed by atoms with Gasteiger partial charge in [-0.2, -0.15) is 0 Å². The fraction of sp³-hybridized carbons (Fsp3) is 0.209. The Bertz CT molecular complexity index is 2250. The van der Waals surface area contributed by atoms with Crippen LogP contribution in [0.15, 0.2) is 120 Å². The topological polar surface area (TPSA) is 169 Å². The van der Waals surface area contributed by atoms with Gasteiger partial charge in [0, 0.05) is 36.4 Å².